The molecule has 9 aromatic rings. The number of nitrogens with zero attached hydrogens (tertiary/aromatic N) is 1. The van der Waals surface area contributed by atoms with Crippen molar-refractivity contribution in [1.29, 1.82) is 0 Å². The van der Waals surface area contributed by atoms with Gasteiger partial charge >= 0.3 is 0 Å². The maximum absolute atomic E-state index is 2.49. The topological polar surface area (TPSA) is 3.24 Å². The van der Waals surface area contributed by atoms with Crippen molar-refractivity contribution in [3.05, 3.63) is 210 Å². The summed E-state index contributed by atoms with van der Waals surface area (Å²) in [5, 5.41) is 3.88. The van der Waals surface area contributed by atoms with Crippen molar-refractivity contribution in [2.75, 3.05) is 4.90 Å². The second-order valence-corrected chi connectivity index (χ2v) is 14.7. The Morgan fingerprint density at radius 1 is 0.392 bits per heavy atom. The molecule has 1 nitrogen and oxygen atoms in total. The Labute approximate surface area is 301 Å². The standard InChI is InChI=1S/C49H31NS/c1-2-15-34(16-3-1)50(35-27-25-33(26-28-35)38-21-12-14-32-13-4-5-17-37(32)38)36-29-30-41-45(31-36)49(47-42-20-8-11-24-46(42)51-48(41)47)43-22-9-6-18-39(43)40-19-7-10-23-44(40)49/h1-31H. The van der Waals surface area contributed by atoms with Crippen LogP contribution in [-0.4, -0.2) is 0 Å². The van der Waals surface area contributed by atoms with Gasteiger partial charge < -0.3 is 4.90 Å². The molecule has 2 heteroatoms. The number of rotatable bonds is 4. The lowest BCUT2D eigenvalue weighted by atomic mass is 9.70. The molecule has 0 radical (unpaired) electrons. The van der Waals surface area contributed by atoms with E-state index in [0.717, 1.165) is 17.1 Å². The summed E-state index contributed by atoms with van der Waals surface area (Å²) in [4.78, 5) is 3.80. The van der Waals surface area contributed by atoms with E-state index in [1.165, 1.54) is 75.8 Å². The molecule has 2 aliphatic rings. The first-order valence-corrected chi connectivity index (χ1v) is 18.4. The number of hydrogen-bond acceptors (Lipinski definition) is 2. The summed E-state index contributed by atoms with van der Waals surface area (Å²) in [6, 6.07) is 69.5. The molecule has 0 amide bonds. The lowest BCUT2D eigenvalue weighted by molar-refractivity contribution is 0.802. The zero-order valence-electron chi connectivity index (χ0n) is 27.8. The first-order valence-electron chi connectivity index (χ1n) is 17.6. The van der Waals surface area contributed by atoms with Crippen LogP contribution in [0, 0.1) is 0 Å². The normalized spacial score (nSPS) is 13.3. The Kier molecular flexibility index (Phi) is 6.11. The third-order valence-corrected chi connectivity index (χ3v) is 12.3. The number of thiophene rings is 1. The quantitative estimate of drug-likeness (QED) is 0.181. The number of para-hydroxylation sites is 1. The van der Waals surface area contributed by atoms with Crippen molar-refractivity contribution in [2.24, 2.45) is 0 Å². The van der Waals surface area contributed by atoms with E-state index in [1.54, 1.807) is 0 Å². The lowest BCUT2D eigenvalue weighted by Crippen LogP contribution is -2.26. The largest absolute Gasteiger partial charge is 0.310 e. The van der Waals surface area contributed by atoms with Crippen molar-refractivity contribution in [2.45, 2.75) is 5.41 Å². The fourth-order valence-electron chi connectivity index (χ4n) is 9.01. The number of hydrogen-bond donors (Lipinski definition) is 0. The molecule has 0 atom stereocenters. The van der Waals surface area contributed by atoms with Crippen LogP contribution in [0.25, 0.3) is 53.6 Å². The molecule has 11 rings (SSSR count). The zero-order chi connectivity index (χ0) is 33.5. The minimum absolute atomic E-state index is 0.409. The van der Waals surface area contributed by atoms with Crippen LogP contribution < -0.4 is 4.90 Å². The van der Waals surface area contributed by atoms with Crippen molar-refractivity contribution in [1.82, 2.24) is 0 Å². The van der Waals surface area contributed by atoms with Crippen molar-refractivity contribution in [3.63, 3.8) is 0 Å². The van der Waals surface area contributed by atoms with Gasteiger partial charge in [0.05, 0.1) is 5.41 Å². The second kappa shape index (κ2) is 10.9. The van der Waals surface area contributed by atoms with Crippen molar-refractivity contribution < 1.29 is 0 Å². The molecule has 0 fully saturated rings. The third kappa shape index (κ3) is 3.97. The van der Waals surface area contributed by atoms with Crippen LogP contribution in [0.1, 0.15) is 22.3 Å². The second-order valence-electron chi connectivity index (χ2n) is 13.6. The Morgan fingerprint density at radius 2 is 0.980 bits per heavy atom. The van der Waals surface area contributed by atoms with Crippen LogP contribution in [0.3, 0.4) is 0 Å². The smallest absolute Gasteiger partial charge is 0.0740 e. The van der Waals surface area contributed by atoms with Gasteiger partial charge in [-0.15, -0.1) is 11.3 Å². The van der Waals surface area contributed by atoms with Gasteiger partial charge in [-0.25, -0.2) is 0 Å². The molecule has 0 aliphatic heterocycles. The fourth-order valence-corrected chi connectivity index (χ4v) is 10.3. The first-order chi connectivity index (χ1) is 25.3. The molecule has 8 aromatic carbocycles. The molecule has 0 bridgehead atoms. The van der Waals surface area contributed by atoms with Crippen LogP contribution in [0.5, 0.6) is 0 Å². The molecule has 0 N–H and O–H groups in total. The molecule has 0 unspecified atom stereocenters. The van der Waals surface area contributed by atoms with E-state index < -0.39 is 5.41 Å². The maximum Gasteiger partial charge on any atom is 0.0740 e. The SMILES string of the molecule is c1ccc(N(c2ccc(-c3cccc4ccccc34)cc2)c2ccc3c(c2)C2(c4ccccc4-c4ccccc42)c2c-3sc3ccccc23)cc1. The van der Waals surface area contributed by atoms with Gasteiger partial charge in [-0.2, -0.15) is 0 Å². The van der Waals surface area contributed by atoms with Crippen LogP contribution in [-0.2, 0) is 5.41 Å². The van der Waals surface area contributed by atoms with Gasteiger partial charge in [0.25, 0.3) is 0 Å². The van der Waals surface area contributed by atoms with E-state index in [4.69, 9.17) is 0 Å². The summed E-state index contributed by atoms with van der Waals surface area (Å²) >= 11 is 1.93. The van der Waals surface area contributed by atoms with Gasteiger partial charge in [-0.1, -0.05) is 146 Å². The molecule has 0 saturated heterocycles. The van der Waals surface area contributed by atoms with Gasteiger partial charge in [0.1, 0.15) is 0 Å². The van der Waals surface area contributed by atoms with Crippen molar-refractivity contribution >= 4 is 49.3 Å². The Bertz CT molecular complexity index is 2760. The van der Waals surface area contributed by atoms with E-state index in [-0.39, 0.29) is 0 Å². The minimum Gasteiger partial charge on any atom is -0.310 e. The molecule has 0 saturated carbocycles. The minimum atomic E-state index is -0.409. The maximum atomic E-state index is 2.49. The number of fused-ring (bicyclic) bond motifs is 13. The fraction of sp³-hybridized carbons (Fsp3) is 0.0204. The Morgan fingerprint density at radius 3 is 1.76 bits per heavy atom. The molecule has 2 aliphatic carbocycles. The monoisotopic (exact) mass is 665 g/mol. The summed E-state index contributed by atoms with van der Waals surface area (Å²) in [6.07, 6.45) is 0. The van der Waals surface area contributed by atoms with Gasteiger partial charge in [-0.3, -0.25) is 0 Å². The van der Waals surface area contributed by atoms with Crippen molar-refractivity contribution in [3.8, 4) is 32.7 Å². The van der Waals surface area contributed by atoms with Gasteiger partial charge in [0.2, 0.25) is 0 Å². The Balaban J connectivity index is 1.14. The van der Waals surface area contributed by atoms with E-state index in [1.807, 2.05) is 11.3 Å². The highest BCUT2D eigenvalue weighted by atomic mass is 32.1. The molecular weight excluding hydrogens is 635 g/mol. The average molecular weight is 666 g/mol. The summed E-state index contributed by atoms with van der Waals surface area (Å²) < 4.78 is 1.34. The highest BCUT2D eigenvalue weighted by Crippen LogP contribution is 2.66. The van der Waals surface area contributed by atoms with E-state index in [2.05, 4.69) is 193 Å². The number of anilines is 3. The van der Waals surface area contributed by atoms with Gasteiger partial charge in [-0.05, 0) is 109 Å². The average Bonchev–Trinajstić information content (AvgIpc) is 3.82. The molecule has 1 heterocycles. The molecule has 51 heavy (non-hydrogen) atoms. The van der Waals surface area contributed by atoms with E-state index in [9.17, 15) is 0 Å². The lowest BCUT2D eigenvalue weighted by Gasteiger charge is -2.32. The summed E-state index contributed by atoms with van der Waals surface area (Å²) in [5.74, 6) is 0. The van der Waals surface area contributed by atoms with Crippen LogP contribution in [0.4, 0.5) is 17.1 Å². The number of benzene rings is 8. The predicted octanol–water partition coefficient (Wildman–Crippen LogP) is 13.5. The molecule has 1 spiro atoms. The van der Waals surface area contributed by atoms with Crippen LogP contribution >= 0.6 is 11.3 Å². The third-order valence-electron chi connectivity index (χ3n) is 11.1. The highest BCUT2D eigenvalue weighted by molar-refractivity contribution is 7.22. The highest BCUT2D eigenvalue weighted by Gasteiger charge is 2.53. The summed E-state index contributed by atoms with van der Waals surface area (Å²) in [6.45, 7) is 0. The molecule has 1 aromatic heterocycles. The van der Waals surface area contributed by atoms with E-state index in [0.29, 0.717) is 0 Å². The van der Waals surface area contributed by atoms with Crippen LogP contribution in [0.15, 0.2) is 188 Å². The summed E-state index contributed by atoms with van der Waals surface area (Å²) in [7, 11) is 0. The van der Waals surface area contributed by atoms with Gasteiger partial charge in [0.15, 0.2) is 0 Å². The van der Waals surface area contributed by atoms with E-state index >= 15 is 0 Å². The van der Waals surface area contributed by atoms with Gasteiger partial charge in [0, 0.05) is 26.6 Å². The summed E-state index contributed by atoms with van der Waals surface area (Å²) in [5.41, 5.74) is 15.0. The molecule has 238 valence electrons. The zero-order valence-corrected chi connectivity index (χ0v) is 28.6. The first kappa shape index (κ1) is 28.6. The Hall–Kier alpha value is -6.22. The van der Waals surface area contributed by atoms with Crippen LogP contribution in [0.2, 0.25) is 0 Å². The predicted molar refractivity (Wildman–Crippen MR) is 216 cm³/mol. The molecular formula is C49H31NS.